The Morgan fingerprint density at radius 2 is 0.845 bits per heavy atom. The van der Waals surface area contributed by atoms with Crippen LogP contribution >= 0.6 is 0 Å². The number of carbonyl (C=O) groups excluding carboxylic acids is 4. The molecule has 84 heavy (non-hydrogen) atoms. The first-order valence-corrected chi connectivity index (χ1v) is 25.9. The SMILES string of the molecule is C.C.C.C.C1OCC2OC12.C=CCN(CC=C)[C@H]1COC[C@@H]1N.C=CCN(CC=C)[C@H]1COC[C@@H]1NC(=O)OC(C)(C)C.C=CCN(CC=C)[C@H]1COC[C@@H]1O.CC(C)(C)OC(=O)OC(=O)OC(C)(C)C.N[C@@H]1COC[C@H]1N.O=CO[O-].[H-].[Na+].[Na+]. The van der Waals surface area contributed by atoms with Crippen LogP contribution in [-0.4, -0.2) is 227 Å². The molecule has 484 valence electrons. The maximum absolute atomic E-state index is 11.9. The van der Waals surface area contributed by atoms with E-state index in [-0.39, 0.29) is 139 Å². The third-order valence-corrected chi connectivity index (χ3v) is 10.9. The number of rotatable bonds is 17. The Hall–Kier alpha value is -2.64. The second-order valence-corrected chi connectivity index (χ2v) is 21.2. The van der Waals surface area contributed by atoms with Gasteiger partial charge in [0.25, 0.3) is 6.47 Å². The van der Waals surface area contributed by atoms with Crippen LogP contribution in [0.5, 0.6) is 0 Å². The molecule has 0 spiro atoms. The van der Waals surface area contributed by atoms with Crippen molar-refractivity contribution < 1.29 is 142 Å². The van der Waals surface area contributed by atoms with E-state index in [2.05, 4.69) is 69.1 Å². The minimum atomic E-state index is -1.06. The zero-order chi connectivity index (χ0) is 59.5. The van der Waals surface area contributed by atoms with Gasteiger partial charge in [-0.1, -0.05) is 66.2 Å². The fraction of sp³-hybridized carbons (Fsp3) is 0.724. The van der Waals surface area contributed by atoms with Gasteiger partial charge in [-0.05, 0) is 62.3 Å². The summed E-state index contributed by atoms with van der Waals surface area (Å²) in [7, 11) is 0. The van der Waals surface area contributed by atoms with E-state index in [1.165, 1.54) is 0 Å². The first kappa shape index (κ1) is 95.0. The number of fused-ring (bicyclic) bond motifs is 1. The summed E-state index contributed by atoms with van der Waals surface area (Å²) in [4.78, 5) is 51.6. The molecule has 0 aromatic heterocycles. The van der Waals surface area contributed by atoms with E-state index in [1.807, 2.05) is 57.2 Å². The molecule has 6 aliphatic rings. The second kappa shape index (κ2) is 52.3. The van der Waals surface area contributed by atoms with Crippen LogP contribution in [-0.2, 0) is 57.1 Å². The summed E-state index contributed by atoms with van der Waals surface area (Å²) in [6.45, 7) is 48.8. The third kappa shape index (κ3) is 45.6. The summed E-state index contributed by atoms with van der Waals surface area (Å²) in [6.07, 6.45) is 9.18. The van der Waals surface area contributed by atoms with Crippen LogP contribution in [0.2, 0.25) is 0 Å². The predicted molar refractivity (Wildman–Crippen MR) is 322 cm³/mol. The van der Waals surface area contributed by atoms with Crippen molar-refractivity contribution in [2.45, 2.75) is 169 Å². The van der Waals surface area contributed by atoms with Crippen molar-refractivity contribution in [3.8, 4) is 0 Å². The van der Waals surface area contributed by atoms with E-state index in [0.717, 1.165) is 59.1 Å². The number of hydrogen-bond acceptors (Lipinski definition) is 23. The van der Waals surface area contributed by atoms with Gasteiger partial charge in [0, 0.05) is 57.4 Å². The molecular formula is C58H113N7Na2O17. The molecule has 6 heterocycles. The van der Waals surface area contributed by atoms with Gasteiger partial charge >= 0.3 is 77.5 Å². The zero-order valence-corrected chi connectivity index (χ0v) is 53.9. The Morgan fingerprint density at radius 1 is 0.536 bits per heavy atom. The fourth-order valence-electron chi connectivity index (χ4n) is 7.32. The molecular weight excluding hydrogens is 1110 g/mol. The number of nitrogens with zero attached hydrogens (tertiary/aromatic N) is 3. The minimum absolute atomic E-state index is 0. The van der Waals surface area contributed by atoms with E-state index >= 15 is 0 Å². The molecule has 24 nitrogen and oxygen atoms in total. The maximum Gasteiger partial charge on any atom is 1.00 e. The molecule has 1 amide bonds. The Bertz CT molecular complexity index is 1670. The molecule has 6 rings (SSSR count). The van der Waals surface area contributed by atoms with Crippen molar-refractivity contribution in [1.82, 2.24) is 20.0 Å². The predicted octanol–water partition coefficient (Wildman–Crippen LogP) is -0.813. The van der Waals surface area contributed by atoms with Crippen LogP contribution in [0.4, 0.5) is 14.4 Å². The van der Waals surface area contributed by atoms with E-state index < -0.39 is 35.2 Å². The fourth-order valence-corrected chi connectivity index (χ4v) is 7.32. The summed E-state index contributed by atoms with van der Waals surface area (Å²) >= 11 is 0. The van der Waals surface area contributed by atoms with E-state index in [1.54, 1.807) is 41.5 Å². The molecule has 0 saturated carbocycles. The minimum Gasteiger partial charge on any atom is -1.00 e. The number of aliphatic hydroxyl groups is 1. The first-order chi connectivity index (χ1) is 36.6. The smallest absolute Gasteiger partial charge is 1.00 e. The van der Waals surface area contributed by atoms with Crippen LogP contribution < -0.4 is 86.9 Å². The van der Waals surface area contributed by atoms with Gasteiger partial charge in [-0.3, -0.25) is 19.5 Å². The molecule has 0 aromatic rings. The number of hydrogen-bond donors (Lipinski definition) is 5. The Kier molecular flexibility index (Phi) is 59.2. The monoisotopic (exact) mass is 1230 g/mol. The number of aliphatic hydroxyl groups excluding tert-OH is 1. The molecule has 0 radical (unpaired) electrons. The molecule has 0 bridgehead atoms. The Labute approximate surface area is 551 Å². The van der Waals surface area contributed by atoms with E-state index in [9.17, 15) is 19.5 Å². The van der Waals surface area contributed by atoms with E-state index in [4.69, 9.17) is 69.9 Å². The third-order valence-electron chi connectivity index (χ3n) is 10.9. The van der Waals surface area contributed by atoms with Crippen molar-refractivity contribution in [2.75, 3.05) is 105 Å². The van der Waals surface area contributed by atoms with Crippen LogP contribution in [0, 0.1) is 0 Å². The van der Waals surface area contributed by atoms with Gasteiger partial charge in [-0.25, -0.2) is 14.4 Å². The number of ether oxygens (including phenoxy) is 10. The summed E-state index contributed by atoms with van der Waals surface area (Å²) in [5.74, 6) is 0. The quantitative estimate of drug-likeness (QED) is 0.0137. The van der Waals surface area contributed by atoms with Crippen LogP contribution in [0.3, 0.4) is 0 Å². The van der Waals surface area contributed by atoms with Gasteiger partial charge in [0.2, 0.25) is 0 Å². The van der Waals surface area contributed by atoms with E-state index in [0.29, 0.717) is 64.5 Å². The number of alkyl carbamates (subject to hydrolysis) is 1. The van der Waals surface area contributed by atoms with Gasteiger partial charge in [0.15, 0.2) is 0 Å². The van der Waals surface area contributed by atoms with Crippen molar-refractivity contribution in [1.29, 1.82) is 0 Å². The topological polar surface area (TPSA) is 316 Å². The molecule has 6 aliphatic heterocycles. The van der Waals surface area contributed by atoms with Crippen LogP contribution in [0.1, 0.15) is 93.4 Å². The van der Waals surface area contributed by atoms with Crippen molar-refractivity contribution in [3.63, 3.8) is 0 Å². The Balaban J connectivity index is -0.000000139. The van der Waals surface area contributed by atoms with Gasteiger partial charge in [0.05, 0.1) is 96.3 Å². The molecule has 10 atom stereocenters. The number of amides is 1. The summed E-state index contributed by atoms with van der Waals surface area (Å²) in [6, 6.07) is 0.704. The van der Waals surface area contributed by atoms with Gasteiger partial charge in [-0.2, -0.15) is 0 Å². The molecule has 2 unspecified atom stereocenters. The number of nitrogens with two attached hydrogens (primary N) is 3. The molecule has 6 saturated heterocycles. The Morgan fingerprint density at radius 3 is 1.12 bits per heavy atom. The molecule has 8 N–H and O–H groups in total. The van der Waals surface area contributed by atoms with Gasteiger partial charge in [-0.15, -0.1) is 39.5 Å². The van der Waals surface area contributed by atoms with Gasteiger partial charge in [0.1, 0.15) is 29.0 Å². The summed E-state index contributed by atoms with van der Waals surface area (Å²) < 4.78 is 50.0. The average molecular weight is 1230 g/mol. The molecule has 0 aliphatic carbocycles. The summed E-state index contributed by atoms with van der Waals surface area (Å²) in [5.41, 5.74) is 14.9. The number of nitrogens with one attached hydrogen (secondary N) is 1. The average Bonchev–Trinajstić information content (AvgIpc) is 3.99. The first-order valence-electron chi connectivity index (χ1n) is 25.9. The summed E-state index contributed by atoms with van der Waals surface area (Å²) in [5, 5.41) is 20.9. The van der Waals surface area contributed by atoms with Crippen molar-refractivity contribution >= 4 is 24.9 Å². The molecule has 6 fully saturated rings. The van der Waals surface area contributed by atoms with Crippen LogP contribution in [0.15, 0.2) is 75.9 Å². The zero-order valence-electron chi connectivity index (χ0n) is 50.9. The number of epoxide rings is 1. The van der Waals surface area contributed by atoms with Crippen molar-refractivity contribution in [3.05, 3.63) is 75.9 Å². The standard InChI is InChI=1S/C15H26N2O3.C10H18N2O.C10H17NO2.C10H18O5.C4H10N2O.C4H6O2.CH2O3.4CH4.2Na.H/c1-6-8-17(9-7-2)13-11-19-10-12(13)16-14(18)20-15(3,4)5;1-3-5-12(6-4-2)10-8-13-7-9(10)11;1-3-5-11(6-4-2)9-7-13-8-10(9)12;1-9(2,3)14-7(11)13-8(12)15-10(4,5)6;5-3-1-7-2-4(3)6;1-3-4(6-3)2-5-1;2-1-4-3;;;;;;;/h6-7,12-13H,1-2,8-11H2,3-5H3,(H,16,18);3-4,9-10H,1-2,5-8,11H2;3-4,9-10,12H,1-2,5-8H2;1-6H3;3-4H,1-2,5-6H2;3-4H,1-2H2;1,3H;4*1H4;;;/q;;;;;;;;;;;2*+1;-1/p-1/t12-,13-;2*9-,10-;;3-,4-;;;;;;;;;/m000.1........./s1. The van der Waals surface area contributed by atoms with Gasteiger partial charge < -0.3 is 86.6 Å². The van der Waals surface area contributed by atoms with Crippen molar-refractivity contribution in [2.24, 2.45) is 17.2 Å². The number of carbonyl (C=O) groups is 4. The van der Waals surface area contributed by atoms with Crippen LogP contribution in [0.25, 0.3) is 0 Å². The second-order valence-electron chi connectivity index (χ2n) is 21.2. The normalized spacial score (nSPS) is 23.6. The molecule has 0 aromatic carbocycles. The maximum atomic E-state index is 11.9. The molecule has 26 heteroatoms. The largest absolute Gasteiger partial charge is 1.00 e.